The Balaban J connectivity index is 0.000000583. The molecule has 0 saturated heterocycles. The summed E-state index contributed by atoms with van der Waals surface area (Å²) < 4.78 is 66.7. The summed E-state index contributed by atoms with van der Waals surface area (Å²) >= 11 is 0. The van der Waals surface area contributed by atoms with Gasteiger partial charge >= 0.3 is 24.0 Å². The molecule has 0 aromatic carbocycles. The van der Waals surface area contributed by atoms with E-state index in [0.29, 0.717) is 6.92 Å². The van der Waals surface area contributed by atoms with Crippen LogP contribution in [0.25, 0.3) is 0 Å². The van der Waals surface area contributed by atoms with E-state index in [9.17, 15) is 22.0 Å². The van der Waals surface area contributed by atoms with Crippen molar-refractivity contribution in [3.05, 3.63) is 30.9 Å². The van der Waals surface area contributed by atoms with Crippen molar-refractivity contribution in [2.45, 2.75) is 18.9 Å². The van der Waals surface area contributed by atoms with Crippen LogP contribution in [-0.2, 0) is 9.47 Å². The highest BCUT2D eigenvalue weighted by molar-refractivity contribution is 4.96. The molecular weight excluding hydrogens is 223 g/mol. The topological polar surface area (TPSA) is 18.5 Å². The zero-order valence-electron chi connectivity index (χ0n) is 7.62. The number of hydrogen-bond acceptors (Lipinski definition) is 2. The summed E-state index contributed by atoms with van der Waals surface area (Å²) in [5.41, 5.74) is 2.25. The maximum atomic E-state index is 12.0. The predicted octanol–water partition coefficient (Wildman–Crippen LogP) is 3.33. The lowest BCUT2D eigenvalue weighted by atomic mass is 10.3. The molecule has 1 aliphatic rings. The van der Waals surface area contributed by atoms with Crippen LogP contribution in [0.4, 0.5) is 22.0 Å². The Kier molecular flexibility index (Phi) is 3.92. The minimum absolute atomic E-state index is 0.374. The molecule has 1 heterocycles. The highest BCUT2D eigenvalue weighted by Gasteiger charge is 2.61. The normalized spacial score (nSPS) is 18.3. The van der Waals surface area contributed by atoms with Gasteiger partial charge < -0.3 is 9.47 Å². The Morgan fingerprint density at radius 2 is 1.40 bits per heavy atom. The molecular formula is C8H7F5O2. The van der Waals surface area contributed by atoms with E-state index in [4.69, 9.17) is 0 Å². The quantitative estimate of drug-likeness (QED) is 0.469. The third-order valence-corrected chi connectivity index (χ3v) is 1.24. The lowest BCUT2D eigenvalue weighted by molar-refractivity contribution is -0.338. The second kappa shape index (κ2) is 4.35. The highest BCUT2D eigenvalue weighted by Crippen LogP contribution is 2.43. The first-order chi connectivity index (χ1) is 6.68. The molecule has 86 valence electrons. The van der Waals surface area contributed by atoms with E-state index < -0.39 is 24.0 Å². The molecule has 15 heavy (non-hydrogen) atoms. The van der Waals surface area contributed by atoms with Crippen molar-refractivity contribution < 1.29 is 31.4 Å². The number of hydrogen-bond donors (Lipinski definition) is 0. The minimum atomic E-state index is -4.99. The molecule has 2 nitrogen and oxygen atoms in total. The van der Waals surface area contributed by atoms with Crippen molar-refractivity contribution in [2.24, 2.45) is 0 Å². The second-order valence-electron chi connectivity index (χ2n) is 2.44. The summed E-state index contributed by atoms with van der Waals surface area (Å²) in [6.07, 6.45) is -4.99. The molecule has 0 atom stereocenters. The van der Waals surface area contributed by atoms with Gasteiger partial charge in [0.15, 0.2) is 0 Å². The number of alkyl halides is 3. The predicted molar refractivity (Wildman–Crippen MR) is 40.6 cm³/mol. The standard InChI is InChI=1S/C5H3F5O2.C3H4/c1-4(5(8,9)10)11-2(6)3(7)12-4;1-3-2/h1H3;1-2H2. The maximum absolute atomic E-state index is 12.0. The molecule has 0 radical (unpaired) electrons. The van der Waals surface area contributed by atoms with Crippen LogP contribution in [0.1, 0.15) is 6.92 Å². The molecule has 0 N–H and O–H groups in total. The van der Waals surface area contributed by atoms with Gasteiger partial charge in [0, 0.05) is 6.92 Å². The van der Waals surface area contributed by atoms with Crippen LogP contribution in [0, 0.1) is 0 Å². The van der Waals surface area contributed by atoms with Crippen molar-refractivity contribution in [2.75, 3.05) is 0 Å². The lowest BCUT2D eigenvalue weighted by Crippen LogP contribution is -2.43. The first-order valence-corrected chi connectivity index (χ1v) is 3.47. The summed E-state index contributed by atoms with van der Waals surface area (Å²) in [5.74, 6) is -3.25. The monoisotopic (exact) mass is 230 g/mol. The van der Waals surface area contributed by atoms with E-state index in [1.165, 1.54) is 0 Å². The van der Waals surface area contributed by atoms with Gasteiger partial charge in [0.2, 0.25) is 0 Å². The summed E-state index contributed by atoms with van der Waals surface area (Å²) in [5, 5.41) is 0. The zero-order valence-corrected chi connectivity index (χ0v) is 7.62. The molecule has 0 aliphatic carbocycles. The van der Waals surface area contributed by atoms with Gasteiger partial charge in [-0.3, -0.25) is 0 Å². The van der Waals surface area contributed by atoms with Gasteiger partial charge in [-0.2, -0.15) is 22.0 Å². The van der Waals surface area contributed by atoms with E-state index in [1.54, 1.807) is 0 Å². The molecule has 7 heteroatoms. The summed E-state index contributed by atoms with van der Waals surface area (Å²) in [4.78, 5) is 0. The van der Waals surface area contributed by atoms with Gasteiger partial charge in [-0.1, -0.05) is 13.2 Å². The zero-order chi connectivity index (χ0) is 12.3. The van der Waals surface area contributed by atoms with Gasteiger partial charge in [-0.25, -0.2) is 0 Å². The van der Waals surface area contributed by atoms with Crippen LogP contribution in [0.5, 0.6) is 0 Å². The van der Waals surface area contributed by atoms with Gasteiger partial charge in [0.05, 0.1) is 0 Å². The minimum Gasteiger partial charge on any atom is -0.414 e. The molecule has 0 spiro atoms. The van der Waals surface area contributed by atoms with Crippen LogP contribution in [0.2, 0.25) is 0 Å². The van der Waals surface area contributed by atoms with Crippen molar-refractivity contribution in [3.8, 4) is 0 Å². The van der Waals surface area contributed by atoms with E-state index in [-0.39, 0.29) is 0 Å². The van der Waals surface area contributed by atoms with Crippen molar-refractivity contribution >= 4 is 0 Å². The summed E-state index contributed by atoms with van der Waals surface area (Å²) in [6, 6.07) is -3.98. The van der Waals surface area contributed by atoms with Gasteiger partial charge in [0.1, 0.15) is 0 Å². The molecule has 0 bridgehead atoms. The average Bonchev–Trinajstić information content (AvgIpc) is 2.27. The second-order valence-corrected chi connectivity index (χ2v) is 2.44. The van der Waals surface area contributed by atoms with Crippen LogP contribution < -0.4 is 0 Å². The number of rotatable bonds is 0. The van der Waals surface area contributed by atoms with Crippen LogP contribution in [0.3, 0.4) is 0 Å². The summed E-state index contributed by atoms with van der Waals surface area (Å²) in [7, 11) is 0. The third kappa shape index (κ3) is 2.99. The van der Waals surface area contributed by atoms with Gasteiger partial charge in [-0.15, -0.1) is 5.73 Å². The molecule has 1 aliphatic heterocycles. The van der Waals surface area contributed by atoms with Crippen molar-refractivity contribution in [1.82, 2.24) is 0 Å². The first kappa shape index (κ1) is 13.5. The van der Waals surface area contributed by atoms with Crippen molar-refractivity contribution in [3.63, 3.8) is 0 Å². The number of ether oxygens (including phenoxy) is 2. The molecule has 0 amide bonds. The fourth-order valence-corrected chi connectivity index (χ4v) is 0.559. The maximum Gasteiger partial charge on any atom is 0.467 e. The van der Waals surface area contributed by atoms with E-state index in [0.717, 1.165) is 0 Å². The molecule has 1 rings (SSSR count). The van der Waals surface area contributed by atoms with Crippen LogP contribution in [-0.4, -0.2) is 12.0 Å². The van der Waals surface area contributed by atoms with E-state index in [2.05, 4.69) is 28.4 Å². The smallest absolute Gasteiger partial charge is 0.414 e. The molecule has 0 aromatic rings. The highest BCUT2D eigenvalue weighted by atomic mass is 19.4. The molecule has 0 unspecified atom stereocenters. The Labute approximate surface area is 82.3 Å². The molecule has 0 fully saturated rings. The Hall–Kier alpha value is -1.49. The van der Waals surface area contributed by atoms with E-state index in [1.807, 2.05) is 0 Å². The van der Waals surface area contributed by atoms with Crippen LogP contribution in [0.15, 0.2) is 30.9 Å². The lowest BCUT2D eigenvalue weighted by Gasteiger charge is -2.24. The Morgan fingerprint density at radius 1 is 1.13 bits per heavy atom. The Morgan fingerprint density at radius 3 is 1.53 bits per heavy atom. The van der Waals surface area contributed by atoms with Gasteiger partial charge in [-0.05, 0) is 0 Å². The van der Waals surface area contributed by atoms with Crippen molar-refractivity contribution in [1.29, 1.82) is 0 Å². The molecule has 0 saturated carbocycles. The van der Waals surface area contributed by atoms with E-state index >= 15 is 0 Å². The summed E-state index contributed by atoms with van der Waals surface area (Å²) in [6.45, 7) is 6.62. The largest absolute Gasteiger partial charge is 0.467 e. The fraction of sp³-hybridized carbons (Fsp3) is 0.375. The van der Waals surface area contributed by atoms with Gasteiger partial charge in [0.25, 0.3) is 0 Å². The SMILES string of the molecule is C=C=C.CC1(C(F)(F)F)OC(F)=C(F)O1. The van der Waals surface area contributed by atoms with Crippen LogP contribution >= 0.6 is 0 Å². The average molecular weight is 230 g/mol. The Bertz CT molecular complexity index is 285. The first-order valence-electron chi connectivity index (χ1n) is 3.47. The fourth-order valence-electron chi connectivity index (χ4n) is 0.559. The molecule has 0 aromatic heterocycles. The number of halogens is 5. The third-order valence-electron chi connectivity index (χ3n) is 1.24.